The smallest absolute Gasteiger partial charge is 0.382 e. The summed E-state index contributed by atoms with van der Waals surface area (Å²) in [7, 11) is 0. The van der Waals surface area contributed by atoms with Crippen molar-refractivity contribution in [1.29, 1.82) is 0 Å². The molecule has 0 aromatic heterocycles. The van der Waals surface area contributed by atoms with Crippen molar-refractivity contribution in [2.45, 2.75) is 6.04 Å². The molecule has 0 radical (unpaired) electrons. The third kappa shape index (κ3) is 1.75. The quantitative estimate of drug-likeness (QED) is 0.368. The van der Waals surface area contributed by atoms with Crippen LogP contribution in [0.2, 0.25) is 0 Å². The first-order valence-electron chi connectivity index (χ1n) is 3.25. The molecule has 13 heavy (non-hydrogen) atoms. The van der Waals surface area contributed by atoms with Crippen molar-refractivity contribution in [3.63, 3.8) is 0 Å². The van der Waals surface area contributed by atoms with Crippen LogP contribution in [0.4, 0.5) is 0 Å². The van der Waals surface area contributed by atoms with Gasteiger partial charge in [-0.3, -0.25) is 10.1 Å². The Hall–Kier alpha value is -2.05. The van der Waals surface area contributed by atoms with Crippen molar-refractivity contribution in [2.75, 3.05) is 0 Å². The fourth-order valence-corrected chi connectivity index (χ4v) is 0.835. The highest BCUT2D eigenvalue weighted by atomic mass is 16.6. The summed E-state index contributed by atoms with van der Waals surface area (Å²) in [6.45, 7) is 0. The van der Waals surface area contributed by atoms with E-state index in [1.165, 1.54) is 0 Å². The maximum atomic E-state index is 10.8. The van der Waals surface area contributed by atoms with E-state index in [1.54, 1.807) is 0 Å². The molecule has 1 heterocycles. The Morgan fingerprint density at radius 3 is 2.77 bits per heavy atom. The summed E-state index contributed by atoms with van der Waals surface area (Å²) in [5.74, 6) is -1.42. The largest absolute Gasteiger partial charge is 0.476 e. The Labute approximate surface area is 71.7 Å². The second-order valence-corrected chi connectivity index (χ2v) is 2.31. The zero-order valence-corrected chi connectivity index (χ0v) is 6.28. The van der Waals surface area contributed by atoms with Gasteiger partial charge in [-0.2, -0.15) is 0 Å². The summed E-state index contributed by atoms with van der Waals surface area (Å²) in [5, 5.41) is 18.7. The molecule has 1 unspecified atom stereocenters. The van der Waals surface area contributed by atoms with Crippen LogP contribution in [-0.4, -0.2) is 26.8 Å². The number of nitroso groups, excluding NO2 is 1. The third-order valence-corrected chi connectivity index (χ3v) is 1.46. The minimum atomic E-state index is -1.51. The Bertz CT molecular complexity index is 343. The van der Waals surface area contributed by atoms with Crippen molar-refractivity contribution in [3.8, 4) is 0 Å². The molecule has 1 aliphatic rings. The summed E-state index contributed by atoms with van der Waals surface area (Å²) in [4.78, 5) is 30.6. The van der Waals surface area contributed by atoms with E-state index in [2.05, 4.69) is 0 Å². The van der Waals surface area contributed by atoms with Crippen molar-refractivity contribution in [3.05, 3.63) is 39.1 Å². The van der Waals surface area contributed by atoms with Gasteiger partial charge < -0.3 is 5.11 Å². The van der Waals surface area contributed by atoms with E-state index >= 15 is 0 Å². The number of allylic oxidation sites excluding steroid dienone is 1. The number of hydrogen-bond donors (Lipinski definition) is 1. The summed E-state index contributed by atoms with van der Waals surface area (Å²) >= 11 is 0. The summed E-state index contributed by atoms with van der Waals surface area (Å²) in [6.07, 6.45) is 2.55. The van der Waals surface area contributed by atoms with Crippen LogP contribution in [0.1, 0.15) is 0 Å². The van der Waals surface area contributed by atoms with Crippen LogP contribution in [0.15, 0.2) is 24.0 Å². The van der Waals surface area contributed by atoms with Gasteiger partial charge in [0.15, 0.2) is 0 Å². The lowest BCUT2D eigenvalue weighted by molar-refractivity contribution is -0.505. The molecule has 7 heteroatoms. The fraction of sp³-hybridized carbons (Fsp3) is 0.167. The zero-order valence-electron chi connectivity index (χ0n) is 6.28. The van der Waals surface area contributed by atoms with Gasteiger partial charge in [0.1, 0.15) is 0 Å². The molecule has 0 aromatic rings. The molecule has 0 aliphatic carbocycles. The molecule has 0 spiro atoms. The highest BCUT2D eigenvalue weighted by Crippen LogP contribution is 2.09. The molecule has 1 atom stereocenters. The molecule has 0 amide bonds. The minimum absolute atomic E-state index is 0.134. The predicted octanol–water partition coefficient (Wildman–Crippen LogP) is -0.0936. The lowest BCUT2D eigenvalue weighted by Gasteiger charge is -1.99. The normalized spacial score (nSPS) is 21.1. The topological polar surface area (TPSA) is 101 Å². The molecular weight excluding hydrogens is 180 g/mol. The Morgan fingerprint density at radius 1 is 1.69 bits per heavy atom. The maximum Gasteiger partial charge on any atom is 0.382 e. The van der Waals surface area contributed by atoms with E-state index in [9.17, 15) is 19.8 Å². The molecule has 0 aromatic carbocycles. The van der Waals surface area contributed by atoms with E-state index in [1.807, 2.05) is 0 Å². The molecule has 1 rings (SSSR count). The SMILES string of the molecule is O=C(O)C1C=C([N+](=O)[O-])C=C[N+]1=O. The zero-order chi connectivity index (χ0) is 10.0. The van der Waals surface area contributed by atoms with Gasteiger partial charge in [-0.05, 0) is 0 Å². The standard InChI is InChI=1S/C6H4N2O5/c9-6(10)5-3-4(8(12)13)1-2-7(5)11/h1-3,5H/p+1. The predicted molar refractivity (Wildman–Crippen MR) is 39.3 cm³/mol. The first-order chi connectivity index (χ1) is 6.02. The van der Waals surface area contributed by atoms with Gasteiger partial charge in [-0.25, -0.2) is 4.79 Å². The summed E-state index contributed by atoms with van der Waals surface area (Å²) < 4.78 is 0.134. The number of carboxylic acid groups (broad SMARTS) is 1. The van der Waals surface area contributed by atoms with E-state index in [4.69, 9.17) is 5.11 Å². The number of nitrogens with zero attached hydrogens (tertiary/aromatic N) is 2. The van der Waals surface area contributed by atoms with Crippen LogP contribution in [0.5, 0.6) is 0 Å². The average molecular weight is 185 g/mol. The van der Waals surface area contributed by atoms with E-state index in [0.717, 1.165) is 18.4 Å². The van der Waals surface area contributed by atoms with E-state index in [-0.39, 0.29) is 10.5 Å². The number of rotatable bonds is 2. The van der Waals surface area contributed by atoms with Crippen molar-refractivity contribution in [1.82, 2.24) is 0 Å². The van der Waals surface area contributed by atoms with Gasteiger partial charge in [0.25, 0.3) is 5.70 Å². The number of nitro groups is 1. The molecule has 0 bridgehead atoms. The number of carboxylic acids is 1. The van der Waals surface area contributed by atoms with Gasteiger partial charge >= 0.3 is 12.0 Å². The van der Waals surface area contributed by atoms with Gasteiger partial charge in [0, 0.05) is 9.67 Å². The van der Waals surface area contributed by atoms with Gasteiger partial charge in [-0.1, -0.05) is 0 Å². The summed E-state index contributed by atoms with van der Waals surface area (Å²) in [5.41, 5.74) is -0.389. The van der Waals surface area contributed by atoms with E-state index < -0.39 is 16.9 Å². The highest BCUT2D eigenvalue weighted by Gasteiger charge is 2.35. The number of aliphatic carboxylic acids is 1. The first-order valence-corrected chi connectivity index (χ1v) is 3.25. The Morgan fingerprint density at radius 2 is 2.31 bits per heavy atom. The Balaban J connectivity index is 3.00. The van der Waals surface area contributed by atoms with Crippen molar-refractivity contribution >= 4 is 5.97 Å². The highest BCUT2D eigenvalue weighted by molar-refractivity contribution is 5.74. The van der Waals surface area contributed by atoms with Crippen LogP contribution in [0.3, 0.4) is 0 Å². The molecule has 1 N–H and O–H groups in total. The average Bonchev–Trinajstić information content (AvgIpc) is 2.04. The number of hydrogen-bond acceptors (Lipinski definition) is 4. The molecule has 0 saturated carbocycles. The molecule has 0 fully saturated rings. The second-order valence-electron chi connectivity index (χ2n) is 2.31. The van der Waals surface area contributed by atoms with Crippen LogP contribution in [-0.2, 0) is 4.79 Å². The van der Waals surface area contributed by atoms with Crippen LogP contribution in [0, 0.1) is 15.0 Å². The summed E-state index contributed by atoms with van der Waals surface area (Å²) in [6, 6.07) is -1.51. The minimum Gasteiger partial charge on any atom is -0.476 e. The molecule has 1 aliphatic heterocycles. The lowest BCUT2D eigenvalue weighted by Crippen LogP contribution is -2.30. The number of carbonyl (C=O) groups is 1. The maximum absolute atomic E-state index is 10.8. The van der Waals surface area contributed by atoms with Crippen LogP contribution >= 0.6 is 0 Å². The van der Waals surface area contributed by atoms with Crippen molar-refractivity contribution < 1.29 is 19.6 Å². The molecule has 7 nitrogen and oxygen atoms in total. The molecule has 0 saturated heterocycles. The second kappa shape index (κ2) is 3.13. The van der Waals surface area contributed by atoms with Gasteiger partial charge in [-0.15, -0.1) is 0 Å². The van der Waals surface area contributed by atoms with Crippen LogP contribution < -0.4 is 0 Å². The Kier molecular flexibility index (Phi) is 2.18. The van der Waals surface area contributed by atoms with Crippen LogP contribution in [0.25, 0.3) is 0 Å². The molecule has 68 valence electrons. The lowest BCUT2D eigenvalue weighted by atomic mass is 10.2. The first kappa shape index (κ1) is 9.04. The van der Waals surface area contributed by atoms with Gasteiger partial charge in [0.05, 0.1) is 17.1 Å². The molecular formula is C6H5N2O5+. The van der Waals surface area contributed by atoms with E-state index in [0.29, 0.717) is 0 Å². The van der Waals surface area contributed by atoms with Gasteiger partial charge in [0.2, 0.25) is 6.20 Å². The van der Waals surface area contributed by atoms with Crippen molar-refractivity contribution in [2.24, 2.45) is 0 Å². The fourth-order valence-electron chi connectivity index (χ4n) is 0.835. The monoisotopic (exact) mass is 185 g/mol. The third-order valence-electron chi connectivity index (χ3n) is 1.46.